The van der Waals surface area contributed by atoms with E-state index in [9.17, 15) is 0 Å². The second-order valence-corrected chi connectivity index (χ2v) is 6.41. The number of hydrogen-bond acceptors (Lipinski definition) is 2. The van der Waals surface area contributed by atoms with Crippen molar-refractivity contribution in [3.63, 3.8) is 0 Å². The lowest BCUT2D eigenvalue weighted by atomic mass is 9.89. The number of nitrogens with zero attached hydrogens (tertiary/aromatic N) is 1. The van der Waals surface area contributed by atoms with Crippen LogP contribution in [0.25, 0.3) is 0 Å². The van der Waals surface area contributed by atoms with Gasteiger partial charge in [0.1, 0.15) is 0 Å². The van der Waals surface area contributed by atoms with Crippen LogP contribution < -0.4 is 5.32 Å². The van der Waals surface area contributed by atoms with Gasteiger partial charge in [-0.15, -0.1) is 0 Å². The summed E-state index contributed by atoms with van der Waals surface area (Å²) in [5.74, 6) is 0.750. The third-order valence-corrected chi connectivity index (χ3v) is 5.16. The number of likely N-dealkylation sites (N-methyl/N-ethyl adjacent to an activating group) is 1. The third-order valence-electron chi connectivity index (χ3n) is 5.16. The topological polar surface area (TPSA) is 15.3 Å². The monoisotopic (exact) mass is 272 g/mol. The molecule has 1 aromatic rings. The molecular formula is C18H28N2. The van der Waals surface area contributed by atoms with Crippen LogP contribution in [0.3, 0.4) is 0 Å². The zero-order valence-electron chi connectivity index (χ0n) is 12.7. The molecule has 1 aromatic carbocycles. The first-order valence-corrected chi connectivity index (χ1v) is 8.41. The summed E-state index contributed by atoms with van der Waals surface area (Å²) >= 11 is 0. The molecule has 0 bridgehead atoms. The van der Waals surface area contributed by atoms with E-state index in [0.29, 0.717) is 0 Å². The highest BCUT2D eigenvalue weighted by molar-refractivity contribution is 5.21. The van der Waals surface area contributed by atoms with E-state index in [0.717, 1.165) is 24.5 Å². The van der Waals surface area contributed by atoms with Crippen LogP contribution in [0.2, 0.25) is 0 Å². The molecule has 2 aliphatic rings. The summed E-state index contributed by atoms with van der Waals surface area (Å²) in [5.41, 5.74) is 1.53. The van der Waals surface area contributed by atoms with Gasteiger partial charge in [0.15, 0.2) is 0 Å². The summed E-state index contributed by atoms with van der Waals surface area (Å²) in [7, 11) is 0. The maximum absolute atomic E-state index is 3.72. The second-order valence-electron chi connectivity index (χ2n) is 6.41. The molecule has 0 amide bonds. The number of nitrogens with one attached hydrogen (secondary N) is 1. The molecule has 110 valence electrons. The zero-order chi connectivity index (χ0) is 13.8. The van der Waals surface area contributed by atoms with Crippen LogP contribution in [-0.4, -0.2) is 36.6 Å². The summed E-state index contributed by atoms with van der Waals surface area (Å²) in [6.45, 7) is 5.89. The van der Waals surface area contributed by atoms with E-state index >= 15 is 0 Å². The minimum atomic E-state index is 0.725. The van der Waals surface area contributed by atoms with Crippen LogP contribution in [-0.2, 0) is 0 Å². The summed E-state index contributed by atoms with van der Waals surface area (Å²) in [6.07, 6.45) is 6.91. The predicted molar refractivity (Wildman–Crippen MR) is 85.1 cm³/mol. The number of hydrogen-bond donors (Lipinski definition) is 1. The van der Waals surface area contributed by atoms with Crippen molar-refractivity contribution in [3.8, 4) is 0 Å². The molecular weight excluding hydrogens is 244 g/mol. The molecule has 20 heavy (non-hydrogen) atoms. The minimum Gasteiger partial charge on any atom is -0.313 e. The molecule has 3 unspecified atom stereocenters. The van der Waals surface area contributed by atoms with Crippen molar-refractivity contribution in [2.45, 2.75) is 57.0 Å². The first-order valence-electron chi connectivity index (χ1n) is 8.41. The van der Waals surface area contributed by atoms with Crippen LogP contribution in [0.5, 0.6) is 0 Å². The maximum Gasteiger partial charge on any atom is 0.0249 e. The molecule has 2 heteroatoms. The standard InChI is InChI=1S/C18H28N2/c1-2-19-17-10-6-7-11-18(17)20-13-12-16(14-20)15-8-4-3-5-9-15/h3-5,8-9,16-19H,2,6-7,10-14H2,1H3. The van der Waals surface area contributed by atoms with Crippen LogP contribution in [0.1, 0.15) is 50.5 Å². The van der Waals surface area contributed by atoms with E-state index in [4.69, 9.17) is 0 Å². The van der Waals surface area contributed by atoms with Crippen molar-refractivity contribution < 1.29 is 0 Å². The fraction of sp³-hybridized carbons (Fsp3) is 0.667. The van der Waals surface area contributed by atoms with E-state index in [1.165, 1.54) is 50.8 Å². The van der Waals surface area contributed by atoms with Gasteiger partial charge in [-0.1, -0.05) is 50.1 Å². The van der Waals surface area contributed by atoms with Gasteiger partial charge in [-0.05, 0) is 43.8 Å². The van der Waals surface area contributed by atoms with Crippen molar-refractivity contribution in [2.24, 2.45) is 0 Å². The van der Waals surface area contributed by atoms with E-state index < -0.39 is 0 Å². The Balaban J connectivity index is 1.63. The van der Waals surface area contributed by atoms with Gasteiger partial charge in [0.05, 0.1) is 0 Å². The quantitative estimate of drug-likeness (QED) is 0.904. The fourth-order valence-corrected chi connectivity index (χ4v) is 4.13. The van der Waals surface area contributed by atoms with Crippen LogP contribution >= 0.6 is 0 Å². The van der Waals surface area contributed by atoms with Gasteiger partial charge in [0, 0.05) is 18.6 Å². The highest BCUT2D eigenvalue weighted by Gasteiger charge is 2.34. The Kier molecular flexibility index (Phi) is 4.74. The van der Waals surface area contributed by atoms with E-state index in [-0.39, 0.29) is 0 Å². The van der Waals surface area contributed by atoms with Gasteiger partial charge in [0.2, 0.25) is 0 Å². The van der Waals surface area contributed by atoms with Gasteiger partial charge >= 0.3 is 0 Å². The molecule has 2 nitrogen and oxygen atoms in total. The first-order chi connectivity index (χ1) is 9.88. The molecule has 1 saturated heterocycles. The molecule has 1 aliphatic carbocycles. The Morgan fingerprint density at radius 1 is 1.10 bits per heavy atom. The highest BCUT2D eigenvalue weighted by Crippen LogP contribution is 2.32. The molecule has 3 rings (SSSR count). The van der Waals surface area contributed by atoms with Crippen molar-refractivity contribution in [1.29, 1.82) is 0 Å². The van der Waals surface area contributed by atoms with Crippen molar-refractivity contribution in [3.05, 3.63) is 35.9 Å². The normalized spacial score (nSPS) is 31.6. The Hall–Kier alpha value is -0.860. The van der Waals surface area contributed by atoms with Crippen molar-refractivity contribution in [1.82, 2.24) is 10.2 Å². The average Bonchev–Trinajstić information content (AvgIpc) is 2.99. The van der Waals surface area contributed by atoms with E-state index in [2.05, 4.69) is 47.5 Å². The lowest BCUT2D eigenvalue weighted by Crippen LogP contribution is -2.51. The molecule has 1 saturated carbocycles. The Bertz CT molecular complexity index is 401. The summed E-state index contributed by atoms with van der Waals surface area (Å²) in [4.78, 5) is 2.77. The van der Waals surface area contributed by atoms with Gasteiger partial charge in [-0.25, -0.2) is 0 Å². The lowest BCUT2D eigenvalue weighted by Gasteiger charge is -2.38. The van der Waals surface area contributed by atoms with Crippen molar-refractivity contribution in [2.75, 3.05) is 19.6 Å². The molecule has 3 atom stereocenters. The Morgan fingerprint density at radius 3 is 2.70 bits per heavy atom. The van der Waals surface area contributed by atoms with Crippen LogP contribution in [0.15, 0.2) is 30.3 Å². The number of rotatable bonds is 4. The Labute approximate surface area is 123 Å². The molecule has 1 aliphatic heterocycles. The molecule has 0 aromatic heterocycles. The SMILES string of the molecule is CCNC1CCCCC1N1CCC(c2ccccc2)C1. The van der Waals surface area contributed by atoms with Gasteiger partial charge in [-0.3, -0.25) is 4.90 Å². The predicted octanol–water partition coefficient (Wildman–Crippen LogP) is 3.40. The average molecular weight is 272 g/mol. The molecule has 1 heterocycles. The molecule has 2 fully saturated rings. The number of benzene rings is 1. The van der Waals surface area contributed by atoms with E-state index in [1.807, 2.05) is 0 Å². The summed E-state index contributed by atoms with van der Waals surface area (Å²) in [5, 5.41) is 3.72. The third kappa shape index (κ3) is 3.07. The maximum atomic E-state index is 3.72. The second kappa shape index (κ2) is 6.73. The van der Waals surface area contributed by atoms with Crippen LogP contribution in [0, 0.1) is 0 Å². The lowest BCUT2D eigenvalue weighted by molar-refractivity contribution is 0.148. The fourth-order valence-electron chi connectivity index (χ4n) is 4.13. The van der Waals surface area contributed by atoms with Crippen molar-refractivity contribution >= 4 is 0 Å². The van der Waals surface area contributed by atoms with Gasteiger partial charge < -0.3 is 5.32 Å². The van der Waals surface area contributed by atoms with Crippen LogP contribution in [0.4, 0.5) is 0 Å². The number of likely N-dealkylation sites (tertiary alicyclic amines) is 1. The van der Waals surface area contributed by atoms with Gasteiger partial charge in [-0.2, -0.15) is 0 Å². The highest BCUT2D eigenvalue weighted by atomic mass is 15.2. The molecule has 0 spiro atoms. The zero-order valence-corrected chi connectivity index (χ0v) is 12.7. The smallest absolute Gasteiger partial charge is 0.0249 e. The largest absolute Gasteiger partial charge is 0.313 e. The Morgan fingerprint density at radius 2 is 1.90 bits per heavy atom. The van der Waals surface area contributed by atoms with E-state index in [1.54, 1.807) is 0 Å². The van der Waals surface area contributed by atoms with Gasteiger partial charge in [0.25, 0.3) is 0 Å². The summed E-state index contributed by atoms with van der Waals surface area (Å²) in [6, 6.07) is 12.6. The first kappa shape index (κ1) is 14.1. The molecule has 1 N–H and O–H groups in total. The minimum absolute atomic E-state index is 0.725. The summed E-state index contributed by atoms with van der Waals surface area (Å²) < 4.78 is 0. The molecule has 0 radical (unpaired) electrons.